The SMILES string of the molecule is CCCS(=O)(=O)N1CCc2ccc(NC(=O)c3ccno3)cc2C1. The van der Waals surface area contributed by atoms with Crippen molar-refractivity contribution in [3.05, 3.63) is 47.3 Å². The molecule has 8 heteroatoms. The van der Waals surface area contributed by atoms with Gasteiger partial charge in [0.1, 0.15) is 0 Å². The molecule has 0 bridgehead atoms. The van der Waals surface area contributed by atoms with E-state index in [1.165, 1.54) is 16.6 Å². The highest BCUT2D eigenvalue weighted by Gasteiger charge is 2.26. The summed E-state index contributed by atoms with van der Waals surface area (Å²) in [6.45, 7) is 2.69. The minimum atomic E-state index is -3.22. The molecule has 0 radical (unpaired) electrons. The molecule has 1 aromatic carbocycles. The van der Waals surface area contributed by atoms with E-state index in [-0.39, 0.29) is 11.5 Å². The van der Waals surface area contributed by atoms with Crippen LogP contribution in [0.3, 0.4) is 0 Å². The van der Waals surface area contributed by atoms with Gasteiger partial charge in [0, 0.05) is 24.8 Å². The van der Waals surface area contributed by atoms with E-state index in [9.17, 15) is 13.2 Å². The van der Waals surface area contributed by atoms with Crippen LogP contribution in [0.25, 0.3) is 0 Å². The number of sulfonamides is 1. The van der Waals surface area contributed by atoms with Crippen molar-refractivity contribution in [3.8, 4) is 0 Å². The minimum absolute atomic E-state index is 0.125. The van der Waals surface area contributed by atoms with Crippen molar-refractivity contribution in [2.45, 2.75) is 26.3 Å². The molecule has 0 spiro atoms. The fraction of sp³-hybridized carbons (Fsp3) is 0.375. The summed E-state index contributed by atoms with van der Waals surface area (Å²) >= 11 is 0. The molecule has 0 saturated heterocycles. The summed E-state index contributed by atoms with van der Waals surface area (Å²) in [6, 6.07) is 7.03. The van der Waals surface area contributed by atoms with Crippen molar-refractivity contribution in [3.63, 3.8) is 0 Å². The zero-order chi connectivity index (χ0) is 17.2. The summed E-state index contributed by atoms with van der Waals surface area (Å²) in [5.41, 5.74) is 2.62. The summed E-state index contributed by atoms with van der Waals surface area (Å²) in [7, 11) is -3.22. The van der Waals surface area contributed by atoms with Crippen LogP contribution < -0.4 is 5.32 Å². The van der Waals surface area contributed by atoms with E-state index in [0.717, 1.165) is 11.1 Å². The number of carbonyl (C=O) groups is 1. The maximum Gasteiger partial charge on any atom is 0.294 e. The molecule has 0 atom stereocenters. The first-order chi connectivity index (χ1) is 11.5. The number of rotatable bonds is 5. The number of nitrogens with one attached hydrogen (secondary N) is 1. The van der Waals surface area contributed by atoms with E-state index in [0.29, 0.717) is 31.6 Å². The van der Waals surface area contributed by atoms with Crippen molar-refractivity contribution in [2.75, 3.05) is 17.6 Å². The Morgan fingerprint density at radius 2 is 2.17 bits per heavy atom. The third-order valence-corrected chi connectivity index (χ3v) is 5.98. The molecule has 1 aliphatic heterocycles. The zero-order valence-electron chi connectivity index (χ0n) is 13.4. The Labute approximate surface area is 140 Å². The predicted octanol–water partition coefficient (Wildman–Crippen LogP) is 2.02. The number of aromatic nitrogens is 1. The average molecular weight is 349 g/mol. The molecular weight excluding hydrogens is 330 g/mol. The van der Waals surface area contributed by atoms with Gasteiger partial charge in [-0.05, 0) is 36.1 Å². The lowest BCUT2D eigenvalue weighted by Crippen LogP contribution is -2.37. The van der Waals surface area contributed by atoms with Gasteiger partial charge in [-0.3, -0.25) is 4.79 Å². The third kappa shape index (κ3) is 3.49. The van der Waals surface area contributed by atoms with Crippen molar-refractivity contribution >= 4 is 21.6 Å². The Kier molecular flexibility index (Phi) is 4.68. The van der Waals surface area contributed by atoms with Gasteiger partial charge in [0.15, 0.2) is 0 Å². The predicted molar refractivity (Wildman–Crippen MR) is 89.1 cm³/mol. The zero-order valence-corrected chi connectivity index (χ0v) is 14.2. The lowest BCUT2D eigenvalue weighted by molar-refractivity contribution is 0.0988. The Morgan fingerprint density at radius 1 is 1.33 bits per heavy atom. The van der Waals surface area contributed by atoms with Gasteiger partial charge in [-0.2, -0.15) is 4.31 Å². The molecule has 24 heavy (non-hydrogen) atoms. The van der Waals surface area contributed by atoms with Gasteiger partial charge < -0.3 is 9.84 Å². The van der Waals surface area contributed by atoms with Crippen molar-refractivity contribution in [2.24, 2.45) is 0 Å². The van der Waals surface area contributed by atoms with Gasteiger partial charge in [-0.1, -0.05) is 18.1 Å². The van der Waals surface area contributed by atoms with Gasteiger partial charge in [0.05, 0.1) is 11.9 Å². The molecule has 0 fully saturated rings. The van der Waals surface area contributed by atoms with Crippen molar-refractivity contribution in [1.82, 2.24) is 9.46 Å². The number of nitrogens with zero attached hydrogens (tertiary/aromatic N) is 2. The number of fused-ring (bicyclic) bond motifs is 1. The van der Waals surface area contributed by atoms with E-state index >= 15 is 0 Å². The van der Waals surface area contributed by atoms with Crippen LogP contribution in [0.4, 0.5) is 5.69 Å². The summed E-state index contributed by atoms with van der Waals surface area (Å²) in [5, 5.41) is 6.23. The van der Waals surface area contributed by atoms with Gasteiger partial charge >= 0.3 is 0 Å². The van der Waals surface area contributed by atoms with Gasteiger partial charge in [-0.25, -0.2) is 8.42 Å². The lowest BCUT2D eigenvalue weighted by atomic mass is 10.0. The number of hydrogen-bond donors (Lipinski definition) is 1. The summed E-state index contributed by atoms with van der Waals surface area (Å²) < 4.78 is 30.8. The van der Waals surface area contributed by atoms with E-state index in [2.05, 4.69) is 10.5 Å². The van der Waals surface area contributed by atoms with Crippen LogP contribution in [-0.2, 0) is 23.0 Å². The monoisotopic (exact) mass is 349 g/mol. The highest BCUT2D eigenvalue weighted by molar-refractivity contribution is 7.89. The van der Waals surface area contributed by atoms with Crippen LogP contribution in [0.2, 0.25) is 0 Å². The number of carbonyl (C=O) groups excluding carboxylic acids is 1. The Balaban J connectivity index is 1.77. The lowest BCUT2D eigenvalue weighted by Gasteiger charge is -2.28. The highest BCUT2D eigenvalue weighted by Crippen LogP contribution is 2.25. The average Bonchev–Trinajstić information content (AvgIpc) is 3.08. The molecule has 1 N–H and O–H groups in total. The van der Waals surface area contributed by atoms with Crippen molar-refractivity contribution in [1.29, 1.82) is 0 Å². The van der Waals surface area contributed by atoms with Crippen LogP contribution in [0.15, 0.2) is 35.0 Å². The van der Waals surface area contributed by atoms with E-state index in [4.69, 9.17) is 4.52 Å². The Bertz CT molecular complexity index is 831. The Morgan fingerprint density at radius 3 is 2.88 bits per heavy atom. The molecular formula is C16H19N3O4S. The summed E-state index contributed by atoms with van der Waals surface area (Å²) in [6.07, 6.45) is 2.67. The van der Waals surface area contributed by atoms with Gasteiger partial charge in [0.2, 0.25) is 15.8 Å². The molecule has 2 aromatic rings. The quantitative estimate of drug-likeness (QED) is 0.891. The number of amides is 1. The molecule has 0 aliphatic carbocycles. The van der Waals surface area contributed by atoms with Crippen LogP contribution in [-0.4, -0.2) is 36.1 Å². The van der Waals surface area contributed by atoms with E-state index < -0.39 is 15.9 Å². The van der Waals surface area contributed by atoms with Gasteiger partial charge in [0.25, 0.3) is 5.91 Å². The molecule has 3 rings (SSSR count). The summed E-state index contributed by atoms with van der Waals surface area (Å²) in [5.74, 6) is -0.108. The molecule has 1 aliphatic rings. The number of hydrogen-bond acceptors (Lipinski definition) is 5. The van der Waals surface area contributed by atoms with Crippen LogP contribution in [0, 0.1) is 0 Å². The van der Waals surface area contributed by atoms with Crippen LogP contribution in [0.5, 0.6) is 0 Å². The maximum atomic E-state index is 12.3. The highest BCUT2D eigenvalue weighted by atomic mass is 32.2. The van der Waals surface area contributed by atoms with Gasteiger partial charge in [-0.15, -0.1) is 0 Å². The molecule has 0 unspecified atom stereocenters. The van der Waals surface area contributed by atoms with Crippen LogP contribution >= 0.6 is 0 Å². The first kappa shape index (κ1) is 16.7. The first-order valence-electron chi connectivity index (χ1n) is 7.81. The minimum Gasteiger partial charge on any atom is -0.351 e. The number of anilines is 1. The molecule has 7 nitrogen and oxygen atoms in total. The molecule has 1 amide bonds. The Hall–Kier alpha value is -2.19. The molecule has 0 saturated carbocycles. The third-order valence-electron chi connectivity index (χ3n) is 3.96. The summed E-state index contributed by atoms with van der Waals surface area (Å²) in [4.78, 5) is 12.0. The molecule has 2 heterocycles. The first-order valence-corrected chi connectivity index (χ1v) is 9.42. The second kappa shape index (κ2) is 6.74. The largest absolute Gasteiger partial charge is 0.351 e. The second-order valence-corrected chi connectivity index (χ2v) is 7.80. The fourth-order valence-electron chi connectivity index (χ4n) is 2.76. The smallest absolute Gasteiger partial charge is 0.294 e. The van der Waals surface area contributed by atoms with Crippen LogP contribution in [0.1, 0.15) is 35.0 Å². The standard InChI is InChI=1S/C16H19N3O4S/c1-2-9-24(21,22)19-8-6-12-3-4-14(10-13(12)11-19)18-16(20)15-5-7-17-23-15/h3-5,7,10H,2,6,8-9,11H2,1H3,(H,18,20). The second-order valence-electron chi connectivity index (χ2n) is 5.71. The number of benzene rings is 1. The van der Waals surface area contributed by atoms with E-state index in [1.54, 1.807) is 0 Å². The molecule has 1 aromatic heterocycles. The van der Waals surface area contributed by atoms with E-state index in [1.807, 2.05) is 25.1 Å². The normalized spacial score (nSPS) is 15.0. The fourth-order valence-corrected chi connectivity index (χ4v) is 4.24. The van der Waals surface area contributed by atoms with Crippen molar-refractivity contribution < 1.29 is 17.7 Å². The maximum absolute atomic E-state index is 12.3. The molecule has 128 valence electrons. The topological polar surface area (TPSA) is 92.5 Å².